The lowest BCUT2D eigenvalue weighted by Gasteiger charge is -2.12. The fraction of sp³-hybridized carbons (Fsp3) is 0.250. The molecule has 0 saturated heterocycles. The molecule has 0 saturated carbocycles. The van der Waals surface area contributed by atoms with Gasteiger partial charge in [-0.05, 0) is 26.0 Å². The second-order valence-electron chi connectivity index (χ2n) is 3.64. The number of rotatable bonds is 3. The van der Waals surface area contributed by atoms with Crippen molar-refractivity contribution in [3.05, 3.63) is 34.8 Å². The third kappa shape index (κ3) is 2.54. The van der Waals surface area contributed by atoms with Gasteiger partial charge in [0.15, 0.2) is 0 Å². The number of aromatic nitrogens is 1. The maximum Gasteiger partial charge on any atom is 0.140 e. The van der Waals surface area contributed by atoms with Crippen molar-refractivity contribution >= 4 is 22.9 Å². The number of benzene rings is 1. The van der Waals surface area contributed by atoms with Gasteiger partial charge in [0.1, 0.15) is 15.9 Å². The highest BCUT2D eigenvalue weighted by atomic mass is 35.5. The number of hydrogen-bond donors (Lipinski definition) is 0. The second kappa shape index (κ2) is 4.85. The molecule has 0 amide bonds. The van der Waals surface area contributed by atoms with Gasteiger partial charge >= 0.3 is 0 Å². The molecule has 0 N–H and O–H groups in total. The zero-order valence-electron chi connectivity index (χ0n) is 9.11. The summed E-state index contributed by atoms with van der Waals surface area (Å²) in [6.45, 7) is 4.01. The van der Waals surface area contributed by atoms with Crippen LogP contribution in [0.25, 0.3) is 10.6 Å². The summed E-state index contributed by atoms with van der Waals surface area (Å²) in [6, 6.07) is 7.87. The third-order valence-corrected chi connectivity index (χ3v) is 3.15. The molecular formula is C12H12ClNOS. The van der Waals surface area contributed by atoms with Gasteiger partial charge < -0.3 is 4.74 Å². The molecule has 2 nitrogen and oxygen atoms in total. The minimum absolute atomic E-state index is 0.150. The molecule has 0 bridgehead atoms. The van der Waals surface area contributed by atoms with Gasteiger partial charge in [-0.1, -0.05) is 23.7 Å². The Bertz CT molecular complexity index is 481. The number of para-hydroxylation sites is 1. The normalized spacial score (nSPS) is 10.8. The molecule has 4 heteroatoms. The molecule has 84 valence electrons. The fourth-order valence-electron chi connectivity index (χ4n) is 1.38. The van der Waals surface area contributed by atoms with Gasteiger partial charge in [0.2, 0.25) is 0 Å². The van der Waals surface area contributed by atoms with Crippen molar-refractivity contribution in [3.63, 3.8) is 0 Å². The molecule has 1 aromatic heterocycles. The van der Waals surface area contributed by atoms with Crippen LogP contribution >= 0.6 is 22.9 Å². The second-order valence-corrected chi connectivity index (χ2v) is 4.88. The van der Waals surface area contributed by atoms with E-state index in [4.69, 9.17) is 16.3 Å². The summed E-state index contributed by atoms with van der Waals surface area (Å²) in [5.41, 5.74) is 0.994. The Morgan fingerprint density at radius 1 is 1.31 bits per heavy atom. The van der Waals surface area contributed by atoms with Crippen LogP contribution in [0.5, 0.6) is 5.75 Å². The summed E-state index contributed by atoms with van der Waals surface area (Å²) < 4.78 is 5.73. The van der Waals surface area contributed by atoms with Crippen LogP contribution in [0.1, 0.15) is 13.8 Å². The van der Waals surface area contributed by atoms with Gasteiger partial charge in [0.05, 0.1) is 11.7 Å². The molecule has 0 unspecified atom stereocenters. The summed E-state index contributed by atoms with van der Waals surface area (Å²) in [6.07, 6.45) is 0.150. The molecule has 1 aromatic carbocycles. The first-order valence-corrected chi connectivity index (χ1v) is 6.29. The minimum Gasteiger partial charge on any atom is -0.490 e. The smallest absolute Gasteiger partial charge is 0.140 e. The Kier molecular flexibility index (Phi) is 3.46. The van der Waals surface area contributed by atoms with Crippen LogP contribution in [0.2, 0.25) is 5.15 Å². The average molecular weight is 254 g/mol. The highest BCUT2D eigenvalue weighted by Gasteiger charge is 2.10. The van der Waals surface area contributed by atoms with Gasteiger partial charge in [-0.2, -0.15) is 0 Å². The number of halogens is 1. The molecule has 0 aliphatic heterocycles. The van der Waals surface area contributed by atoms with Crippen molar-refractivity contribution in [2.45, 2.75) is 20.0 Å². The first-order chi connectivity index (χ1) is 7.66. The van der Waals surface area contributed by atoms with Gasteiger partial charge in [-0.15, -0.1) is 11.3 Å². The van der Waals surface area contributed by atoms with Crippen LogP contribution in [0.4, 0.5) is 0 Å². The number of nitrogens with zero attached hydrogens (tertiary/aromatic N) is 1. The molecule has 0 spiro atoms. The van der Waals surface area contributed by atoms with Crippen molar-refractivity contribution < 1.29 is 4.74 Å². The quantitative estimate of drug-likeness (QED) is 0.816. The van der Waals surface area contributed by atoms with E-state index in [9.17, 15) is 0 Å². The molecule has 0 aliphatic rings. The number of hydrogen-bond acceptors (Lipinski definition) is 3. The molecule has 2 rings (SSSR count). The molecule has 0 atom stereocenters. The van der Waals surface area contributed by atoms with Gasteiger partial charge in [0.25, 0.3) is 0 Å². The molecule has 2 aromatic rings. The van der Waals surface area contributed by atoms with Gasteiger partial charge in [0, 0.05) is 5.38 Å². The summed E-state index contributed by atoms with van der Waals surface area (Å²) in [5.74, 6) is 0.850. The third-order valence-electron chi connectivity index (χ3n) is 1.96. The summed E-state index contributed by atoms with van der Waals surface area (Å²) in [5, 5.41) is 3.24. The highest BCUT2D eigenvalue weighted by Crippen LogP contribution is 2.33. The van der Waals surface area contributed by atoms with Gasteiger partial charge in [-0.25, -0.2) is 4.98 Å². The van der Waals surface area contributed by atoms with E-state index in [0.717, 1.165) is 16.3 Å². The lowest BCUT2D eigenvalue weighted by molar-refractivity contribution is 0.243. The number of thiazole rings is 1. The van der Waals surface area contributed by atoms with Crippen molar-refractivity contribution in [2.75, 3.05) is 0 Å². The van der Waals surface area contributed by atoms with Crippen molar-refractivity contribution in [1.29, 1.82) is 0 Å². The van der Waals surface area contributed by atoms with Crippen LogP contribution in [-0.4, -0.2) is 11.1 Å². The first-order valence-electron chi connectivity index (χ1n) is 5.04. The van der Waals surface area contributed by atoms with E-state index in [1.807, 2.05) is 43.5 Å². The Hall–Kier alpha value is -1.06. The maximum absolute atomic E-state index is 5.83. The van der Waals surface area contributed by atoms with Crippen LogP contribution in [-0.2, 0) is 0 Å². The first kappa shape index (κ1) is 11.4. The highest BCUT2D eigenvalue weighted by molar-refractivity contribution is 7.13. The molecule has 0 fully saturated rings. The number of ether oxygens (including phenoxy) is 1. The molecule has 1 heterocycles. The topological polar surface area (TPSA) is 22.1 Å². The standard InChI is InChI=1S/C12H12ClNOS/c1-8(2)15-10-6-4-3-5-9(10)12-14-11(13)7-16-12/h3-8H,1-2H3. The van der Waals surface area contributed by atoms with E-state index in [2.05, 4.69) is 4.98 Å². The zero-order valence-corrected chi connectivity index (χ0v) is 10.7. The Morgan fingerprint density at radius 3 is 2.69 bits per heavy atom. The lowest BCUT2D eigenvalue weighted by Crippen LogP contribution is -2.06. The SMILES string of the molecule is CC(C)Oc1ccccc1-c1nc(Cl)cs1. The summed E-state index contributed by atoms with van der Waals surface area (Å²) in [4.78, 5) is 4.25. The largest absolute Gasteiger partial charge is 0.490 e. The molecule has 0 aliphatic carbocycles. The van der Waals surface area contributed by atoms with Crippen LogP contribution in [0, 0.1) is 0 Å². The van der Waals surface area contributed by atoms with E-state index in [1.165, 1.54) is 11.3 Å². The van der Waals surface area contributed by atoms with E-state index >= 15 is 0 Å². The Balaban J connectivity index is 2.40. The summed E-state index contributed by atoms with van der Waals surface area (Å²) >= 11 is 7.35. The minimum atomic E-state index is 0.150. The predicted octanol–water partition coefficient (Wildman–Crippen LogP) is 4.25. The summed E-state index contributed by atoms with van der Waals surface area (Å²) in [7, 11) is 0. The maximum atomic E-state index is 5.83. The Morgan fingerprint density at radius 2 is 2.06 bits per heavy atom. The van der Waals surface area contributed by atoms with E-state index in [-0.39, 0.29) is 6.10 Å². The lowest BCUT2D eigenvalue weighted by atomic mass is 10.2. The molecule has 0 radical (unpaired) electrons. The average Bonchev–Trinajstić information content (AvgIpc) is 2.65. The van der Waals surface area contributed by atoms with E-state index in [1.54, 1.807) is 0 Å². The molecular weight excluding hydrogens is 242 g/mol. The zero-order chi connectivity index (χ0) is 11.5. The fourth-order valence-corrected chi connectivity index (χ4v) is 2.35. The Labute approximate surface area is 104 Å². The van der Waals surface area contributed by atoms with Crippen molar-refractivity contribution in [3.8, 4) is 16.3 Å². The van der Waals surface area contributed by atoms with Gasteiger partial charge in [-0.3, -0.25) is 0 Å². The van der Waals surface area contributed by atoms with Crippen LogP contribution in [0.3, 0.4) is 0 Å². The predicted molar refractivity (Wildman–Crippen MR) is 68.3 cm³/mol. The van der Waals surface area contributed by atoms with Crippen LogP contribution < -0.4 is 4.74 Å². The van der Waals surface area contributed by atoms with Crippen LogP contribution in [0.15, 0.2) is 29.6 Å². The van der Waals surface area contributed by atoms with Crippen molar-refractivity contribution in [1.82, 2.24) is 4.98 Å². The van der Waals surface area contributed by atoms with E-state index in [0.29, 0.717) is 5.15 Å². The van der Waals surface area contributed by atoms with E-state index < -0.39 is 0 Å². The molecule has 16 heavy (non-hydrogen) atoms. The monoisotopic (exact) mass is 253 g/mol. The van der Waals surface area contributed by atoms with Crippen molar-refractivity contribution in [2.24, 2.45) is 0 Å².